The number of hydrogen-bond donors (Lipinski definition) is 0. The van der Waals surface area contributed by atoms with Gasteiger partial charge in [-0.05, 0) is 36.4 Å². The van der Waals surface area contributed by atoms with Crippen molar-refractivity contribution in [2.45, 2.75) is 6.61 Å². The molecule has 0 aliphatic heterocycles. The molecule has 4 aromatic carbocycles. The highest BCUT2D eigenvalue weighted by molar-refractivity contribution is 6.31. The van der Waals surface area contributed by atoms with Gasteiger partial charge in [0.15, 0.2) is 17.3 Å². The molecule has 0 unspecified atom stereocenters. The second-order valence-electron chi connectivity index (χ2n) is 9.05. The molecule has 0 N–H and O–H groups in total. The van der Waals surface area contributed by atoms with E-state index in [0.717, 1.165) is 5.39 Å². The van der Waals surface area contributed by atoms with E-state index in [1.165, 1.54) is 18.0 Å². The Morgan fingerprint density at radius 2 is 1.83 bits per heavy atom. The van der Waals surface area contributed by atoms with Gasteiger partial charge < -0.3 is 13.9 Å². The molecule has 0 spiro atoms. The van der Waals surface area contributed by atoms with Crippen molar-refractivity contribution in [3.8, 4) is 29.2 Å². The van der Waals surface area contributed by atoms with E-state index in [2.05, 4.69) is 11.2 Å². The molecule has 6 aromatic rings. The number of ether oxygens (including phenoxy) is 2. The average Bonchev–Trinajstić information content (AvgIpc) is 3.44. The summed E-state index contributed by atoms with van der Waals surface area (Å²) in [6.07, 6.45) is 1.46. The fraction of sp³-hybridized carbons (Fsp3) is 0.0625. The van der Waals surface area contributed by atoms with Crippen molar-refractivity contribution >= 4 is 39.7 Å². The molecule has 0 aliphatic rings. The van der Waals surface area contributed by atoms with Crippen LogP contribution in [0.4, 0.5) is 0 Å². The summed E-state index contributed by atoms with van der Waals surface area (Å²) in [5.74, 6) is 1.34. The predicted octanol–water partition coefficient (Wildman–Crippen LogP) is 6.80. The van der Waals surface area contributed by atoms with E-state index in [1.54, 1.807) is 42.5 Å². The summed E-state index contributed by atoms with van der Waals surface area (Å²) in [6, 6.07) is 29.0. The number of methoxy groups -OCH3 is 1. The van der Waals surface area contributed by atoms with E-state index in [4.69, 9.17) is 30.5 Å². The molecule has 0 bridgehead atoms. The normalized spacial score (nSPS) is 11.2. The van der Waals surface area contributed by atoms with Crippen molar-refractivity contribution < 1.29 is 13.9 Å². The zero-order chi connectivity index (χ0) is 28.3. The number of para-hydroxylation sites is 2. The van der Waals surface area contributed by atoms with Crippen LogP contribution in [-0.2, 0) is 6.61 Å². The highest BCUT2D eigenvalue weighted by atomic mass is 35.5. The van der Waals surface area contributed by atoms with Crippen LogP contribution in [0, 0.1) is 11.3 Å². The number of aromatic nitrogens is 2. The molecule has 2 aromatic heterocycles. The second-order valence-corrected chi connectivity index (χ2v) is 9.48. The SMILES string of the molecule is COc1cc(Cl)cc(C=Nn2c(-c3cc4ccccc4o3)nc3ccccc3c2=O)c1OCc1ccccc1C#N. The third-order valence-corrected chi connectivity index (χ3v) is 6.71. The number of hydrogen-bond acceptors (Lipinski definition) is 7. The minimum absolute atomic E-state index is 0.101. The molecule has 6 rings (SSSR count). The molecule has 9 heteroatoms. The first kappa shape index (κ1) is 25.9. The van der Waals surface area contributed by atoms with Crippen molar-refractivity contribution in [3.63, 3.8) is 0 Å². The van der Waals surface area contributed by atoms with Crippen LogP contribution in [0.5, 0.6) is 11.5 Å². The molecular weight excluding hydrogens is 540 g/mol. The van der Waals surface area contributed by atoms with Crippen LogP contribution >= 0.6 is 11.6 Å². The van der Waals surface area contributed by atoms with Crippen LogP contribution in [0.25, 0.3) is 33.5 Å². The van der Waals surface area contributed by atoms with Crippen LogP contribution in [0.1, 0.15) is 16.7 Å². The molecule has 0 atom stereocenters. The Morgan fingerprint density at radius 3 is 2.66 bits per heavy atom. The Labute approximate surface area is 239 Å². The summed E-state index contributed by atoms with van der Waals surface area (Å²) in [5.41, 5.74) is 2.47. The summed E-state index contributed by atoms with van der Waals surface area (Å²) in [7, 11) is 1.50. The van der Waals surface area contributed by atoms with Crippen molar-refractivity contribution in [1.29, 1.82) is 5.26 Å². The van der Waals surface area contributed by atoms with Gasteiger partial charge >= 0.3 is 0 Å². The van der Waals surface area contributed by atoms with Crippen LogP contribution in [0.3, 0.4) is 0 Å². The molecule has 0 fully saturated rings. The van der Waals surface area contributed by atoms with Gasteiger partial charge in [-0.2, -0.15) is 15.0 Å². The van der Waals surface area contributed by atoms with Crippen molar-refractivity contribution in [1.82, 2.24) is 9.66 Å². The van der Waals surface area contributed by atoms with Gasteiger partial charge in [0.1, 0.15) is 12.2 Å². The predicted molar refractivity (Wildman–Crippen MR) is 158 cm³/mol. The molecule has 0 saturated heterocycles. The van der Waals surface area contributed by atoms with Crippen LogP contribution in [0.2, 0.25) is 5.02 Å². The molecule has 2 heterocycles. The number of halogens is 1. The lowest BCUT2D eigenvalue weighted by molar-refractivity contribution is 0.284. The third-order valence-electron chi connectivity index (χ3n) is 6.49. The summed E-state index contributed by atoms with van der Waals surface area (Å²) in [6.45, 7) is 0.101. The van der Waals surface area contributed by atoms with E-state index in [9.17, 15) is 10.1 Å². The summed E-state index contributed by atoms with van der Waals surface area (Å²) in [4.78, 5) is 18.4. The first-order chi connectivity index (χ1) is 20.1. The number of rotatable bonds is 7. The summed E-state index contributed by atoms with van der Waals surface area (Å²) < 4.78 is 18.9. The number of nitriles is 1. The smallest absolute Gasteiger partial charge is 0.282 e. The third kappa shape index (κ3) is 5.02. The van der Waals surface area contributed by atoms with Crippen molar-refractivity contribution in [2.24, 2.45) is 5.10 Å². The lowest BCUT2D eigenvalue weighted by atomic mass is 10.1. The fourth-order valence-electron chi connectivity index (χ4n) is 4.50. The molecule has 0 radical (unpaired) electrons. The zero-order valence-corrected chi connectivity index (χ0v) is 22.5. The molecular formula is C32H21ClN4O4. The highest BCUT2D eigenvalue weighted by Gasteiger charge is 2.18. The minimum atomic E-state index is -0.373. The molecule has 0 amide bonds. The summed E-state index contributed by atoms with van der Waals surface area (Å²) >= 11 is 6.39. The zero-order valence-electron chi connectivity index (χ0n) is 21.7. The number of furan rings is 1. The van der Waals surface area contributed by atoms with E-state index in [-0.39, 0.29) is 18.0 Å². The maximum atomic E-state index is 13.7. The van der Waals surface area contributed by atoms with E-state index >= 15 is 0 Å². The Bertz CT molecular complexity index is 2020. The number of benzene rings is 4. The average molecular weight is 561 g/mol. The number of fused-ring (bicyclic) bond motifs is 2. The van der Waals surface area contributed by atoms with Crippen LogP contribution in [-0.4, -0.2) is 23.0 Å². The lowest BCUT2D eigenvalue weighted by Crippen LogP contribution is -2.20. The number of nitrogens with zero attached hydrogens (tertiary/aromatic N) is 4. The molecule has 41 heavy (non-hydrogen) atoms. The largest absolute Gasteiger partial charge is 0.493 e. The van der Waals surface area contributed by atoms with E-state index in [0.29, 0.717) is 55.5 Å². The van der Waals surface area contributed by atoms with Gasteiger partial charge in [0.25, 0.3) is 5.56 Å². The van der Waals surface area contributed by atoms with Gasteiger partial charge in [-0.25, -0.2) is 4.98 Å². The van der Waals surface area contributed by atoms with Gasteiger partial charge in [-0.15, -0.1) is 0 Å². The molecule has 200 valence electrons. The second kappa shape index (κ2) is 11.0. The lowest BCUT2D eigenvalue weighted by Gasteiger charge is -2.15. The van der Waals surface area contributed by atoms with Gasteiger partial charge in [0, 0.05) is 27.6 Å². The van der Waals surface area contributed by atoms with Crippen molar-refractivity contribution in [3.05, 3.63) is 123 Å². The fourth-order valence-corrected chi connectivity index (χ4v) is 4.71. The molecule has 8 nitrogen and oxygen atoms in total. The molecule has 0 aliphatic carbocycles. The van der Waals surface area contributed by atoms with E-state index < -0.39 is 0 Å². The van der Waals surface area contributed by atoms with Gasteiger partial charge in [-0.3, -0.25) is 4.79 Å². The monoisotopic (exact) mass is 560 g/mol. The first-order valence-corrected chi connectivity index (χ1v) is 13.0. The van der Waals surface area contributed by atoms with Gasteiger partial charge in [-0.1, -0.05) is 60.1 Å². The summed E-state index contributed by atoms with van der Waals surface area (Å²) in [5, 5.41) is 15.7. The van der Waals surface area contributed by atoms with Crippen molar-refractivity contribution in [2.75, 3.05) is 7.11 Å². The van der Waals surface area contributed by atoms with Gasteiger partial charge in [0.05, 0.1) is 35.9 Å². The Hall–Kier alpha value is -5.39. The van der Waals surface area contributed by atoms with Crippen LogP contribution < -0.4 is 15.0 Å². The Morgan fingerprint density at radius 1 is 1.05 bits per heavy atom. The maximum Gasteiger partial charge on any atom is 0.282 e. The topological polar surface area (TPSA) is 103 Å². The minimum Gasteiger partial charge on any atom is -0.493 e. The maximum absolute atomic E-state index is 13.7. The Balaban J connectivity index is 1.48. The Kier molecular flexibility index (Phi) is 6.94. The standard InChI is InChI=1S/C32H21ClN4O4/c1-39-28-16-24(33)14-23(30(28)40-19-22-10-3-2-9-21(22)17-34)18-35-37-31(29-15-20-8-4-7-13-27(20)41-29)36-26-12-6-5-11-25(26)32(37)38/h2-16,18H,19H2,1H3. The first-order valence-electron chi connectivity index (χ1n) is 12.6. The van der Waals surface area contributed by atoms with E-state index in [1.807, 2.05) is 48.5 Å². The molecule has 0 saturated carbocycles. The van der Waals surface area contributed by atoms with Gasteiger partial charge in [0.2, 0.25) is 5.82 Å². The van der Waals surface area contributed by atoms with Crippen LogP contribution in [0.15, 0.2) is 105 Å². The highest BCUT2D eigenvalue weighted by Crippen LogP contribution is 2.35. The quantitative estimate of drug-likeness (QED) is 0.199.